The van der Waals surface area contributed by atoms with Crippen molar-refractivity contribution in [2.24, 2.45) is 5.16 Å². The molecule has 0 fully saturated rings. The number of hydrogen-bond donors (Lipinski definition) is 1. The number of nitrogens with zero attached hydrogens (tertiary/aromatic N) is 1. The second-order valence-electron chi connectivity index (χ2n) is 3.24. The smallest absolute Gasteiger partial charge is 0.214 e. The van der Waals surface area contributed by atoms with E-state index in [0.29, 0.717) is 5.02 Å². The van der Waals surface area contributed by atoms with E-state index in [-0.39, 0.29) is 35.1 Å². The fraction of sp³-hybridized carbons (Fsp3) is 0.200. The molecule has 1 aliphatic rings. The van der Waals surface area contributed by atoms with Gasteiger partial charge in [-0.1, -0.05) is 28.4 Å². The highest BCUT2D eigenvalue weighted by Crippen LogP contribution is 2.34. The van der Waals surface area contributed by atoms with Crippen molar-refractivity contribution in [1.29, 1.82) is 0 Å². The number of carbonyl (C=O) groups is 1. The summed E-state index contributed by atoms with van der Waals surface area (Å²) in [7, 11) is 0. The Bertz CT molecular complexity index is 485. The van der Waals surface area contributed by atoms with Crippen molar-refractivity contribution in [3.8, 4) is 5.75 Å². The predicted molar refractivity (Wildman–Crippen MR) is 60.1 cm³/mol. The molecule has 0 amide bonds. The molecule has 0 saturated carbocycles. The normalized spacial score (nSPS) is 17.9. The first-order valence-corrected chi connectivity index (χ1v) is 5.26. The minimum Gasteiger partial charge on any atom is -0.491 e. The molecule has 0 radical (unpaired) electrons. The van der Waals surface area contributed by atoms with Gasteiger partial charge in [-0.15, -0.1) is 0 Å². The van der Waals surface area contributed by atoms with Crippen LogP contribution in [-0.2, 0) is 0 Å². The number of ketones is 1. The average molecular weight is 260 g/mol. The summed E-state index contributed by atoms with van der Waals surface area (Å²) in [6, 6.07) is 2.94. The van der Waals surface area contributed by atoms with Crippen molar-refractivity contribution in [3.05, 3.63) is 27.7 Å². The lowest BCUT2D eigenvalue weighted by molar-refractivity contribution is 0.106. The Morgan fingerprint density at radius 3 is 2.81 bits per heavy atom. The molecule has 1 aromatic rings. The van der Waals surface area contributed by atoms with E-state index < -0.39 is 5.78 Å². The van der Waals surface area contributed by atoms with Gasteiger partial charge >= 0.3 is 0 Å². The SMILES string of the molecule is O=C1/C(=N\O)CCOc2c(Cl)cc(Cl)cc21. The van der Waals surface area contributed by atoms with Crippen LogP contribution in [0.15, 0.2) is 17.3 Å². The fourth-order valence-electron chi connectivity index (χ4n) is 1.49. The molecule has 0 bridgehead atoms. The molecule has 16 heavy (non-hydrogen) atoms. The fourth-order valence-corrected chi connectivity index (χ4v) is 2.04. The van der Waals surface area contributed by atoms with E-state index in [0.717, 1.165) is 0 Å². The van der Waals surface area contributed by atoms with E-state index in [2.05, 4.69) is 5.16 Å². The van der Waals surface area contributed by atoms with Gasteiger partial charge in [0.25, 0.3) is 0 Å². The minimum absolute atomic E-state index is 0.0390. The van der Waals surface area contributed by atoms with Gasteiger partial charge in [-0.05, 0) is 12.1 Å². The quantitative estimate of drug-likeness (QED) is 0.576. The largest absolute Gasteiger partial charge is 0.491 e. The molecule has 0 atom stereocenters. The topological polar surface area (TPSA) is 58.9 Å². The monoisotopic (exact) mass is 259 g/mol. The van der Waals surface area contributed by atoms with Crippen molar-refractivity contribution in [2.75, 3.05) is 6.61 Å². The van der Waals surface area contributed by atoms with Crippen molar-refractivity contribution in [2.45, 2.75) is 6.42 Å². The molecule has 0 saturated heterocycles. The van der Waals surface area contributed by atoms with Crippen LogP contribution in [0.4, 0.5) is 0 Å². The maximum absolute atomic E-state index is 11.9. The Kier molecular flexibility index (Phi) is 3.03. The zero-order valence-corrected chi connectivity index (χ0v) is 9.55. The zero-order valence-electron chi connectivity index (χ0n) is 8.04. The van der Waals surface area contributed by atoms with Crippen LogP contribution in [0.3, 0.4) is 0 Å². The van der Waals surface area contributed by atoms with Gasteiger partial charge in [-0.2, -0.15) is 0 Å². The summed E-state index contributed by atoms with van der Waals surface area (Å²) in [5.74, 6) is -0.130. The van der Waals surface area contributed by atoms with Crippen LogP contribution in [-0.4, -0.2) is 23.3 Å². The van der Waals surface area contributed by atoms with E-state index in [1.54, 1.807) is 0 Å². The molecule has 6 heteroatoms. The molecule has 1 N–H and O–H groups in total. The summed E-state index contributed by atoms with van der Waals surface area (Å²) < 4.78 is 5.33. The van der Waals surface area contributed by atoms with Crippen LogP contribution in [0.1, 0.15) is 16.8 Å². The first-order chi connectivity index (χ1) is 7.63. The number of oxime groups is 1. The molecule has 0 spiro atoms. The molecule has 0 unspecified atom stereocenters. The molecule has 4 nitrogen and oxygen atoms in total. The lowest BCUT2D eigenvalue weighted by Crippen LogP contribution is -2.13. The van der Waals surface area contributed by atoms with Crippen molar-refractivity contribution in [1.82, 2.24) is 0 Å². The molecule has 2 rings (SSSR count). The summed E-state index contributed by atoms with van der Waals surface area (Å²) in [6.45, 7) is 0.236. The average Bonchev–Trinajstić information content (AvgIpc) is 2.39. The number of halogens is 2. The number of hydrogen-bond acceptors (Lipinski definition) is 4. The van der Waals surface area contributed by atoms with Crippen LogP contribution >= 0.6 is 23.2 Å². The summed E-state index contributed by atoms with van der Waals surface area (Å²) in [6.07, 6.45) is 0.234. The van der Waals surface area contributed by atoms with Gasteiger partial charge < -0.3 is 9.94 Å². The molecular formula is C10H7Cl2NO3. The highest BCUT2D eigenvalue weighted by Gasteiger charge is 2.25. The Morgan fingerprint density at radius 1 is 1.38 bits per heavy atom. The molecule has 0 aliphatic carbocycles. The van der Waals surface area contributed by atoms with Crippen LogP contribution in [0.5, 0.6) is 5.75 Å². The van der Waals surface area contributed by atoms with Crippen molar-refractivity contribution < 1.29 is 14.7 Å². The van der Waals surface area contributed by atoms with E-state index in [1.165, 1.54) is 12.1 Å². The summed E-state index contributed by atoms with van der Waals surface area (Å²) in [5.41, 5.74) is 0.264. The third-order valence-electron chi connectivity index (χ3n) is 2.22. The zero-order chi connectivity index (χ0) is 11.7. The number of Topliss-reactive ketones (excluding diaryl/α,β-unsaturated/α-hetero) is 1. The summed E-state index contributed by atoms with van der Waals surface area (Å²) >= 11 is 11.7. The van der Waals surface area contributed by atoms with Gasteiger partial charge in [-0.3, -0.25) is 4.79 Å². The molecular weight excluding hydrogens is 253 g/mol. The number of fused-ring (bicyclic) bond motifs is 1. The molecule has 0 aromatic heterocycles. The Hall–Kier alpha value is -1.26. The Balaban J connectivity index is 2.62. The first kappa shape index (κ1) is 11.2. The third-order valence-corrected chi connectivity index (χ3v) is 2.72. The van der Waals surface area contributed by atoms with Crippen LogP contribution in [0, 0.1) is 0 Å². The van der Waals surface area contributed by atoms with Gasteiger partial charge in [0.2, 0.25) is 5.78 Å². The van der Waals surface area contributed by atoms with E-state index in [9.17, 15) is 4.79 Å². The lowest BCUT2D eigenvalue weighted by atomic mass is 10.1. The van der Waals surface area contributed by atoms with Gasteiger partial charge in [0.05, 0.1) is 17.2 Å². The predicted octanol–water partition coefficient (Wildman–Crippen LogP) is 2.79. The maximum atomic E-state index is 11.9. The molecule has 1 heterocycles. The number of benzene rings is 1. The summed E-state index contributed by atoms with van der Waals surface area (Å²) in [4.78, 5) is 11.9. The second kappa shape index (κ2) is 4.31. The second-order valence-corrected chi connectivity index (χ2v) is 4.08. The van der Waals surface area contributed by atoms with Crippen LogP contribution in [0.25, 0.3) is 0 Å². The van der Waals surface area contributed by atoms with Gasteiger partial charge in [0.15, 0.2) is 0 Å². The highest BCUT2D eigenvalue weighted by atomic mass is 35.5. The van der Waals surface area contributed by atoms with E-state index in [1.807, 2.05) is 0 Å². The lowest BCUT2D eigenvalue weighted by Gasteiger charge is -2.07. The minimum atomic E-state index is -0.417. The van der Waals surface area contributed by atoms with Crippen molar-refractivity contribution in [3.63, 3.8) is 0 Å². The van der Waals surface area contributed by atoms with Gasteiger partial charge in [0, 0.05) is 11.4 Å². The van der Waals surface area contributed by atoms with Crippen LogP contribution < -0.4 is 4.74 Å². The number of rotatable bonds is 0. The van der Waals surface area contributed by atoms with E-state index >= 15 is 0 Å². The van der Waals surface area contributed by atoms with Gasteiger partial charge in [-0.25, -0.2) is 0 Å². The maximum Gasteiger partial charge on any atom is 0.214 e. The van der Waals surface area contributed by atoms with Gasteiger partial charge in [0.1, 0.15) is 11.5 Å². The standard InChI is InChI=1S/C10H7Cl2NO3/c11-5-3-6-9(14)8(13-15)1-2-16-10(6)7(12)4-5/h3-4,15H,1-2H2/b13-8-. The molecule has 1 aliphatic heterocycles. The summed E-state index contributed by atoms with van der Waals surface area (Å²) in [5, 5.41) is 12.3. The highest BCUT2D eigenvalue weighted by molar-refractivity contribution is 6.48. The third kappa shape index (κ3) is 1.86. The number of ether oxygens (including phenoxy) is 1. The number of carbonyl (C=O) groups excluding carboxylic acids is 1. The van der Waals surface area contributed by atoms with E-state index in [4.69, 9.17) is 33.1 Å². The van der Waals surface area contributed by atoms with Crippen LogP contribution in [0.2, 0.25) is 10.0 Å². The molecule has 1 aromatic carbocycles. The molecule has 84 valence electrons. The Labute approximate surface area is 101 Å². The Morgan fingerprint density at radius 2 is 2.12 bits per heavy atom. The van der Waals surface area contributed by atoms with Crippen molar-refractivity contribution >= 4 is 34.7 Å². The first-order valence-electron chi connectivity index (χ1n) is 4.51.